The number of nitrogens with zero attached hydrogens (tertiary/aromatic N) is 1. The molecule has 1 heterocycles. The van der Waals surface area contributed by atoms with Gasteiger partial charge in [-0.05, 0) is 12.1 Å². The maximum Gasteiger partial charge on any atom is 0.434 e. The summed E-state index contributed by atoms with van der Waals surface area (Å²) in [5, 5.41) is 13.7. The molecule has 7 heteroatoms. The third-order valence-electron chi connectivity index (χ3n) is 2.35. The maximum atomic E-state index is 11.1. The van der Waals surface area contributed by atoms with E-state index in [0.29, 0.717) is 22.4 Å². The number of fused-ring (bicyclic) bond motifs is 1. The number of ether oxygens (including phenoxy) is 1. The van der Waals surface area contributed by atoms with Gasteiger partial charge in [0.1, 0.15) is 16.3 Å². The molecule has 2 rings (SSSR count). The minimum absolute atomic E-state index is 0.301. The number of furan rings is 1. The Morgan fingerprint density at radius 3 is 2.78 bits per heavy atom. The van der Waals surface area contributed by atoms with Gasteiger partial charge in [0.05, 0.1) is 24.2 Å². The number of amides is 1. The Morgan fingerprint density at radius 2 is 2.22 bits per heavy atom. The van der Waals surface area contributed by atoms with Gasteiger partial charge in [0, 0.05) is 6.92 Å². The van der Waals surface area contributed by atoms with Gasteiger partial charge in [-0.25, -0.2) is 0 Å². The third-order valence-corrected chi connectivity index (χ3v) is 2.35. The van der Waals surface area contributed by atoms with Crippen molar-refractivity contribution in [1.29, 1.82) is 0 Å². The van der Waals surface area contributed by atoms with Crippen molar-refractivity contribution in [2.24, 2.45) is 0 Å². The van der Waals surface area contributed by atoms with E-state index in [1.54, 1.807) is 12.1 Å². The van der Waals surface area contributed by atoms with Gasteiger partial charge >= 0.3 is 5.88 Å². The first kappa shape index (κ1) is 11.9. The Bertz CT molecular complexity index is 632. The molecule has 0 saturated heterocycles. The number of hydrogen-bond donors (Lipinski definition) is 1. The summed E-state index contributed by atoms with van der Waals surface area (Å²) in [6.07, 6.45) is 0. The number of carbonyl (C=O) groups excluding carboxylic acids is 1. The zero-order valence-corrected chi connectivity index (χ0v) is 9.72. The molecule has 0 unspecified atom stereocenters. The second-order valence-corrected chi connectivity index (χ2v) is 3.58. The molecule has 0 aliphatic heterocycles. The van der Waals surface area contributed by atoms with Crippen LogP contribution in [0.5, 0.6) is 5.75 Å². The fourth-order valence-electron chi connectivity index (χ4n) is 1.64. The van der Waals surface area contributed by atoms with Crippen molar-refractivity contribution < 1.29 is 18.9 Å². The van der Waals surface area contributed by atoms with Crippen molar-refractivity contribution in [3.05, 3.63) is 28.3 Å². The van der Waals surface area contributed by atoms with E-state index < -0.39 is 4.92 Å². The van der Waals surface area contributed by atoms with Crippen LogP contribution in [0.1, 0.15) is 6.92 Å². The number of nitrogens with one attached hydrogen (secondary N) is 1. The topological polar surface area (TPSA) is 94.6 Å². The average molecular weight is 250 g/mol. The van der Waals surface area contributed by atoms with Gasteiger partial charge in [-0.2, -0.15) is 0 Å². The Balaban J connectivity index is 2.67. The van der Waals surface area contributed by atoms with Gasteiger partial charge in [0.15, 0.2) is 0 Å². The summed E-state index contributed by atoms with van der Waals surface area (Å²) in [5.74, 6) is -0.275. The van der Waals surface area contributed by atoms with Crippen molar-refractivity contribution in [2.45, 2.75) is 6.92 Å². The van der Waals surface area contributed by atoms with Gasteiger partial charge in [0.25, 0.3) is 0 Å². The summed E-state index contributed by atoms with van der Waals surface area (Å²) < 4.78 is 10.1. The normalized spacial score (nSPS) is 10.3. The van der Waals surface area contributed by atoms with Crippen LogP contribution in [0.2, 0.25) is 0 Å². The molecule has 18 heavy (non-hydrogen) atoms. The minimum Gasteiger partial charge on any atom is -0.495 e. The lowest BCUT2D eigenvalue weighted by Gasteiger charge is -2.08. The van der Waals surface area contributed by atoms with E-state index in [4.69, 9.17) is 9.15 Å². The second-order valence-electron chi connectivity index (χ2n) is 3.58. The Kier molecular flexibility index (Phi) is 2.88. The van der Waals surface area contributed by atoms with Crippen LogP contribution in [0, 0.1) is 10.1 Å². The molecular formula is C11H10N2O5. The van der Waals surface area contributed by atoms with Crippen LogP contribution in [-0.4, -0.2) is 17.9 Å². The first-order chi connectivity index (χ1) is 8.52. The van der Waals surface area contributed by atoms with Gasteiger partial charge in [-0.3, -0.25) is 14.9 Å². The zero-order chi connectivity index (χ0) is 13.3. The van der Waals surface area contributed by atoms with Crippen LogP contribution in [0.3, 0.4) is 0 Å². The highest BCUT2D eigenvalue weighted by molar-refractivity contribution is 6.03. The molecular weight excluding hydrogens is 240 g/mol. The quantitative estimate of drug-likeness (QED) is 0.666. The lowest BCUT2D eigenvalue weighted by atomic mass is 10.2. The van der Waals surface area contributed by atoms with Crippen LogP contribution in [0.25, 0.3) is 11.0 Å². The van der Waals surface area contributed by atoms with E-state index in [1.165, 1.54) is 20.1 Å². The van der Waals surface area contributed by atoms with E-state index in [-0.39, 0.29) is 11.8 Å². The number of methoxy groups -OCH3 is 1. The standard InChI is InChI=1S/C11H10N2O5/c1-6(14)12-11-7-5-10(13(15)16)18-8(7)3-4-9(11)17-2/h3-5H,1-2H3,(H,12,14). The summed E-state index contributed by atoms with van der Waals surface area (Å²) in [4.78, 5) is 21.2. The largest absolute Gasteiger partial charge is 0.495 e. The van der Waals surface area contributed by atoms with Gasteiger partial charge in [-0.1, -0.05) is 0 Å². The summed E-state index contributed by atoms with van der Waals surface area (Å²) in [6.45, 7) is 1.34. The molecule has 0 fully saturated rings. The van der Waals surface area contributed by atoms with Crippen molar-refractivity contribution >= 4 is 28.4 Å². The number of carbonyl (C=O) groups is 1. The highest BCUT2D eigenvalue weighted by atomic mass is 16.6. The van der Waals surface area contributed by atoms with Crippen LogP contribution in [-0.2, 0) is 4.79 Å². The first-order valence-corrected chi connectivity index (χ1v) is 5.05. The Morgan fingerprint density at radius 1 is 1.50 bits per heavy atom. The molecule has 0 aliphatic carbocycles. The molecule has 0 spiro atoms. The highest BCUT2D eigenvalue weighted by Crippen LogP contribution is 2.37. The van der Waals surface area contributed by atoms with E-state index in [0.717, 1.165) is 0 Å². The highest BCUT2D eigenvalue weighted by Gasteiger charge is 2.19. The van der Waals surface area contributed by atoms with Gasteiger partial charge in [-0.15, -0.1) is 0 Å². The smallest absolute Gasteiger partial charge is 0.434 e. The van der Waals surface area contributed by atoms with Crippen molar-refractivity contribution in [2.75, 3.05) is 12.4 Å². The average Bonchev–Trinajstić information content (AvgIpc) is 2.73. The summed E-state index contributed by atoms with van der Waals surface area (Å²) >= 11 is 0. The summed E-state index contributed by atoms with van der Waals surface area (Å²) in [6, 6.07) is 4.37. The van der Waals surface area contributed by atoms with Crippen molar-refractivity contribution in [3.8, 4) is 5.75 Å². The van der Waals surface area contributed by atoms with Crippen LogP contribution in [0.4, 0.5) is 11.6 Å². The number of rotatable bonds is 3. The second kappa shape index (κ2) is 4.36. The summed E-state index contributed by atoms with van der Waals surface area (Å²) in [5.41, 5.74) is 0.672. The lowest BCUT2D eigenvalue weighted by Crippen LogP contribution is -2.07. The molecule has 2 aromatic rings. The number of nitro groups is 1. The summed E-state index contributed by atoms with van der Waals surface area (Å²) in [7, 11) is 1.45. The van der Waals surface area contributed by atoms with Gasteiger partial charge < -0.3 is 14.5 Å². The SMILES string of the molecule is COc1ccc2oc([N+](=O)[O-])cc2c1NC(C)=O. The fourth-order valence-corrected chi connectivity index (χ4v) is 1.64. The number of benzene rings is 1. The minimum atomic E-state index is -0.635. The molecule has 0 atom stereocenters. The molecule has 1 aromatic carbocycles. The molecule has 1 N–H and O–H groups in total. The predicted molar refractivity (Wildman–Crippen MR) is 63.7 cm³/mol. The third kappa shape index (κ3) is 1.97. The Hall–Kier alpha value is -2.57. The molecule has 0 saturated carbocycles. The van der Waals surface area contributed by atoms with Crippen LogP contribution >= 0.6 is 0 Å². The molecule has 7 nitrogen and oxygen atoms in total. The van der Waals surface area contributed by atoms with Crippen LogP contribution < -0.4 is 10.1 Å². The molecule has 94 valence electrons. The molecule has 0 aliphatic rings. The van der Waals surface area contributed by atoms with E-state index in [1.807, 2.05) is 0 Å². The Labute approximate surface area is 101 Å². The van der Waals surface area contributed by atoms with Crippen LogP contribution in [0.15, 0.2) is 22.6 Å². The van der Waals surface area contributed by atoms with Gasteiger partial charge in [0.2, 0.25) is 5.91 Å². The fraction of sp³-hybridized carbons (Fsp3) is 0.182. The predicted octanol–water partition coefficient (Wildman–Crippen LogP) is 2.31. The molecule has 0 radical (unpaired) electrons. The first-order valence-electron chi connectivity index (χ1n) is 5.05. The molecule has 1 amide bonds. The number of hydrogen-bond acceptors (Lipinski definition) is 5. The zero-order valence-electron chi connectivity index (χ0n) is 9.72. The monoisotopic (exact) mass is 250 g/mol. The molecule has 0 bridgehead atoms. The van der Waals surface area contributed by atoms with Crippen molar-refractivity contribution in [1.82, 2.24) is 0 Å². The van der Waals surface area contributed by atoms with E-state index in [2.05, 4.69) is 5.32 Å². The number of anilines is 1. The van der Waals surface area contributed by atoms with E-state index >= 15 is 0 Å². The maximum absolute atomic E-state index is 11.1. The lowest BCUT2D eigenvalue weighted by molar-refractivity contribution is -0.401. The molecule has 1 aromatic heterocycles. The van der Waals surface area contributed by atoms with Crippen molar-refractivity contribution in [3.63, 3.8) is 0 Å². The van der Waals surface area contributed by atoms with E-state index in [9.17, 15) is 14.9 Å².